The number of ether oxygens (including phenoxy) is 1. The van der Waals surface area contributed by atoms with Crippen molar-refractivity contribution in [2.45, 2.75) is 19.8 Å². The minimum absolute atomic E-state index is 0.396. The summed E-state index contributed by atoms with van der Waals surface area (Å²) in [5.74, 6) is 1.17. The Labute approximate surface area is 132 Å². The molecule has 0 aromatic rings. The highest BCUT2D eigenvalue weighted by Gasteiger charge is 2.12. The van der Waals surface area contributed by atoms with Crippen LogP contribution in [0.5, 0.6) is 0 Å². The molecule has 4 nitrogen and oxygen atoms in total. The van der Waals surface area contributed by atoms with Crippen LogP contribution in [0.4, 0.5) is 0 Å². The molecule has 0 unspecified atom stereocenters. The minimum atomic E-state index is 0.396. The SMILES string of the molecule is C=C(Cl)/C=C\C(=C/C)CN=C(N)COCC1CCNCC1. The zero-order chi connectivity index (χ0) is 15.5. The van der Waals surface area contributed by atoms with Crippen LogP contribution in [0, 0.1) is 5.92 Å². The first-order valence-electron chi connectivity index (χ1n) is 7.36. The molecule has 0 aromatic carbocycles. The number of aliphatic imine (C=N–C) groups is 1. The summed E-state index contributed by atoms with van der Waals surface area (Å²) in [6.07, 6.45) is 7.96. The lowest BCUT2D eigenvalue weighted by molar-refractivity contribution is 0.115. The molecule has 118 valence electrons. The van der Waals surface area contributed by atoms with Crippen LogP contribution in [-0.2, 0) is 4.74 Å². The van der Waals surface area contributed by atoms with E-state index in [1.54, 1.807) is 6.08 Å². The molecule has 1 aliphatic rings. The smallest absolute Gasteiger partial charge is 0.120 e. The summed E-state index contributed by atoms with van der Waals surface area (Å²) in [7, 11) is 0. The fraction of sp³-hybridized carbons (Fsp3) is 0.562. The molecule has 1 saturated heterocycles. The topological polar surface area (TPSA) is 59.6 Å². The largest absolute Gasteiger partial charge is 0.386 e. The number of amidine groups is 1. The Morgan fingerprint density at radius 3 is 2.76 bits per heavy atom. The quantitative estimate of drug-likeness (QED) is 0.411. The third-order valence-electron chi connectivity index (χ3n) is 3.38. The molecule has 1 fully saturated rings. The van der Waals surface area contributed by atoms with Crippen LogP contribution in [0.3, 0.4) is 0 Å². The minimum Gasteiger partial charge on any atom is -0.386 e. The number of nitrogens with one attached hydrogen (secondary N) is 1. The Morgan fingerprint density at radius 1 is 1.43 bits per heavy atom. The van der Waals surface area contributed by atoms with Crippen molar-refractivity contribution in [2.75, 3.05) is 32.8 Å². The van der Waals surface area contributed by atoms with E-state index in [1.165, 1.54) is 12.8 Å². The van der Waals surface area contributed by atoms with Gasteiger partial charge in [0.15, 0.2) is 0 Å². The third-order valence-corrected chi connectivity index (χ3v) is 3.50. The molecule has 21 heavy (non-hydrogen) atoms. The number of hydrogen-bond acceptors (Lipinski definition) is 3. The van der Waals surface area contributed by atoms with Crippen LogP contribution in [0.15, 0.2) is 40.4 Å². The van der Waals surface area contributed by atoms with Gasteiger partial charge in [0.25, 0.3) is 0 Å². The predicted molar refractivity (Wildman–Crippen MR) is 90.8 cm³/mol. The summed E-state index contributed by atoms with van der Waals surface area (Å²) < 4.78 is 5.64. The second-order valence-corrected chi connectivity index (χ2v) is 5.65. The average molecular weight is 312 g/mol. The van der Waals surface area contributed by atoms with Crippen molar-refractivity contribution < 1.29 is 4.74 Å². The highest BCUT2D eigenvalue weighted by molar-refractivity contribution is 6.30. The summed E-state index contributed by atoms with van der Waals surface area (Å²) in [6.45, 7) is 9.42. The van der Waals surface area contributed by atoms with Crippen LogP contribution >= 0.6 is 11.6 Å². The van der Waals surface area contributed by atoms with Gasteiger partial charge < -0.3 is 15.8 Å². The first-order chi connectivity index (χ1) is 10.1. The molecule has 0 spiro atoms. The zero-order valence-corrected chi connectivity index (χ0v) is 13.5. The Balaban J connectivity index is 2.26. The molecule has 0 aromatic heterocycles. The van der Waals surface area contributed by atoms with Crippen LogP contribution in [-0.4, -0.2) is 38.7 Å². The molecule has 0 amide bonds. The molecule has 0 bridgehead atoms. The van der Waals surface area contributed by atoms with Gasteiger partial charge in [-0.3, -0.25) is 4.99 Å². The maximum atomic E-state index is 5.87. The normalized spacial score (nSPS) is 18.4. The second-order valence-electron chi connectivity index (χ2n) is 5.16. The van der Waals surface area contributed by atoms with Crippen LogP contribution in [0.25, 0.3) is 0 Å². The molecule has 1 rings (SSSR count). The van der Waals surface area contributed by atoms with Gasteiger partial charge >= 0.3 is 0 Å². The molecule has 1 heterocycles. The van der Waals surface area contributed by atoms with E-state index in [2.05, 4.69) is 16.9 Å². The van der Waals surface area contributed by atoms with Gasteiger partial charge in [-0.25, -0.2) is 0 Å². The van der Waals surface area contributed by atoms with Gasteiger partial charge in [-0.1, -0.05) is 30.3 Å². The number of nitrogens with two attached hydrogens (primary N) is 1. The summed E-state index contributed by atoms with van der Waals surface area (Å²) in [5, 5.41) is 3.84. The van der Waals surface area contributed by atoms with Crippen LogP contribution in [0.1, 0.15) is 19.8 Å². The van der Waals surface area contributed by atoms with Crippen molar-refractivity contribution in [1.82, 2.24) is 5.32 Å². The van der Waals surface area contributed by atoms with Gasteiger partial charge in [-0.2, -0.15) is 0 Å². The molecule has 3 N–H and O–H groups in total. The maximum absolute atomic E-state index is 5.87. The predicted octanol–water partition coefficient (Wildman–Crippen LogP) is 2.61. The Hall–Kier alpha value is -1.10. The lowest BCUT2D eigenvalue weighted by atomic mass is 9.99. The van der Waals surface area contributed by atoms with Gasteiger partial charge in [0.2, 0.25) is 0 Å². The fourth-order valence-electron chi connectivity index (χ4n) is 2.05. The van der Waals surface area contributed by atoms with E-state index in [-0.39, 0.29) is 0 Å². The third kappa shape index (κ3) is 8.71. The first kappa shape index (κ1) is 18.0. The molecule has 0 atom stereocenters. The summed E-state index contributed by atoms with van der Waals surface area (Å²) >= 11 is 5.69. The van der Waals surface area contributed by atoms with Crippen molar-refractivity contribution in [2.24, 2.45) is 16.6 Å². The van der Waals surface area contributed by atoms with E-state index in [0.717, 1.165) is 25.3 Å². The molecular formula is C16H26ClN3O. The Bertz CT molecular complexity index is 410. The molecule has 0 radical (unpaired) electrons. The Morgan fingerprint density at radius 2 is 2.14 bits per heavy atom. The number of hydrogen-bond donors (Lipinski definition) is 2. The summed E-state index contributed by atoms with van der Waals surface area (Å²) in [4.78, 5) is 4.32. The lowest BCUT2D eigenvalue weighted by Crippen LogP contribution is -2.31. The van der Waals surface area contributed by atoms with Gasteiger partial charge in [0, 0.05) is 5.03 Å². The van der Waals surface area contributed by atoms with E-state index in [9.17, 15) is 0 Å². The molecular weight excluding hydrogens is 286 g/mol. The van der Waals surface area contributed by atoms with Gasteiger partial charge in [-0.05, 0) is 50.4 Å². The highest BCUT2D eigenvalue weighted by Crippen LogP contribution is 2.11. The second kappa shape index (κ2) is 10.6. The Kier molecular flexibility index (Phi) is 9.06. The summed E-state index contributed by atoms with van der Waals surface area (Å²) in [5.41, 5.74) is 6.91. The van der Waals surface area contributed by atoms with E-state index in [0.29, 0.717) is 29.9 Å². The van der Waals surface area contributed by atoms with E-state index in [4.69, 9.17) is 22.1 Å². The summed E-state index contributed by atoms with van der Waals surface area (Å²) in [6, 6.07) is 0. The monoisotopic (exact) mass is 311 g/mol. The highest BCUT2D eigenvalue weighted by atomic mass is 35.5. The van der Waals surface area contributed by atoms with Crippen molar-refractivity contribution in [3.8, 4) is 0 Å². The maximum Gasteiger partial charge on any atom is 0.120 e. The molecule has 1 aliphatic heterocycles. The number of nitrogens with zero attached hydrogens (tertiary/aromatic N) is 1. The van der Waals surface area contributed by atoms with E-state index >= 15 is 0 Å². The number of halogens is 1. The number of piperidine rings is 1. The van der Waals surface area contributed by atoms with Gasteiger partial charge in [0.1, 0.15) is 12.4 Å². The molecule has 5 heteroatoms. The molecule has 0 aliphatic carbocycles. The van der Waals surface area contributed by atoms with Crippen molar-refractivity contribution in [3.05, 3.63) is 35.4 Å². The fourth-order valence-corrected chi connectivity index (χ4v) is 2.12. The van der Waals surface area contributed by atoms with E-state index in [1.807, 2.05) is 19.1 Å². The van der Waals surface area contributed by atoms with Crippen molar-refractivity contribution in [3.63, 3.8) is 0 Å². The first-order valence-corrected chi connectivity index (χ1v) is 7.74. The molecule has 0 saturated carbocycles. The number of allylic oxidation sites excluding steroid dienone is 3. The van der Waals surface area contributed by atoms with Crippen molar-refractivity contribution >= 4 is 17.4 Å². The van der Waals surface area contributed by atoms with Crippen LogP contribution in [0.2, 0.25) is 0 Å². The number of rotatable bonds is 8. The lowest BCUT2D eigenvalue weighted by Gasteiger charge is -2.22. The zero-order valence-electron chi connectivity index (χ0n) is 12.8. The average Bonchev–Trinajstić information content (AvgIpc) is 2.48. The van der Waals surface area contributed by atoms with Gasteiger partial charge in [-0.15, -0.1) is 0 Å². The van der Waals surface area contributed by atoms with Crippen LogP contribution < -0.4 is 11.1 Å². The van der Waals surface area contributed by atoms with Crippen molar-refractivity contribution in [1.29, 1.82) is 0 Å². The standard InChI is InChI=1S/C16H26ClN3O/c1-3-14(5-4-13(2)17)10-20-16(18)12-21-11-15-6-8-19-9-7-15/h3-5,15,19H,2,6-12H2,1H3,(H2,18,20)/b5-4-,14-3+. The van der Waals surface area contributed by atoms with Gasteiger partial charge in [0.05, 0.1) is 13.2 Å². The van der Waals surface area contributed by atoms with E-state index < -0.39 is 0 Å².